The van der Waals surface area contributed by atoms with Crippen LogP contribution in [0.2, 0.25) is 0 Å². The fraction of sp³-hybridized carbons (Fsp3) is 1.00. The second-order valence-electron chi connectivity index (χ2n) is 4.31. The first-order valence-electron chi connectivity index (χ1n) is 4.86. The molecule has 0 amide bonds. The van der Waals surface area contributed by atoms with E-state index in [0.29, 0.717) is 25.4 Å². The van der Waals surface area contributed by atoms with Gasteiger partial charge in [-0.25, -0.2) is 4.39 Å². The Morgan fingerprint density at radius 1 is 1.42 bits per heavy atom. The van der Waals surface area contributed by atoms with Crippen molar-refractivity contribution >= 4 is 0 Å². The van der Waals surface area contributed by atoms with Crippen LogP contribution >= 0.6 is 0 Å². The minimum Gasteiger partial charge on any atom is -0.328 e. The molecule has 3 heteroatoms. The van der Waals surface area contributed by atoms with E-state index in [0.717, 1.165) is 6.42 Å². The molecule has 2 aliphatic carbocycles. The predicted octanol–water partition coefficient (Wildman–Crippen LogP) is 0.958. The van der Waals surface area contributed by atoms with E-state index in [1.54, 1.807) is 0 Å². The molecule has 0 radical (unpaired) electrons. The average Bonchev–Trinajstić information content (AvgIpc) is 2.77. The molecular weight excluding hydrogens is 155 g/mol. The van der Waals surface area contributed by atoms with E-state index >= 15 is 0 Å². The molecule has 0 aliphatic heterocycles. The Hall–Kier alpha value is -0.150. The maximum atomic E-state index is 13.8. The first kappa shape index (κ1) is 8.45. The van der Waals surface area contributed by atoms with Gasteiger partial charge in [0.1, 0.15) is 5.67 Å². The van der Waals surface area contributed by atoms with Gasteiger partial charge in [-0.3, -0.25) is 0 Å². The van der Waals surface area contributed by atoms with E-state index in [9.17, 15) is 4.39 Å². The molecule has 2 saturated carbocycles. The lowest BCUT2D eigenvalue weighted by Crippen LogP contribution is -2.36. The van der Waals surface area contributed by atoms with E-state index in [4.69, 9.17) is 5.73 Å². The van der Waals surface area contributed by atoms with Crippen LogP contribution in [0.1, 0.15) is 32.1 Å². The van der Waals surface area contributed by atoms with Crippen LogP contribution in [0.5, 0.6) is 0 Å². The fourth-order valence-corrected chi connectivity index (χ4v) is 1.89. The highest BCUT2D eigenvalue weighted by atomic mass is 19.1. The summed E-state index contributed by atoms with van der Waals surface area (Å²) >= 11 is 0. The summed E-state index contributed by atoms with van der Waals surface area (Å²) < 4.78 is 13.8. The molecule has 2 rings (SSSR count). The minimum atomic E-state index is -0.998. The van der Waals surface area contributed by atoms with Gasteiger partial charge in [-0.15, -0.1) is 0 Å². The van der Waals surface area contributed by atoms with Crippen molar-refractivity contribution in [3.63, 3.8) is 0 Å². The molecule has 2 unspecified atom stereocenters. The highest BCUT2D eigenvalue weighted by molar-refractivity contribution is 4.95. The van der Waals surface area contributed by atoms with Gasteiger partial charge in [0.25, 0.3) is 0 Å². The molecule has 2 atom stereocenters. The summed E-state index contributed by atoms with van der Waals surface area (Å²) in [6.45, 7) is 0.519. The first-order valence-corrected chi connectivity index (χ1v) is 4.86. The summed E-state index contributed by atoms with van der Waals surface area (Å²) in [5.41, 5.74) is 4.67. The van der Waals surface area contributed by atoms with Crippen molar-refractivity contribution in [2.45, 2.75) is 49.9 Å². The van der Waals surface area contributed by atoms with Gasteiger partial charge in [0.05, 0.1) is 0 Å². The number of hydrogen-bond donors (Lipinski definition) is 2. The zero-order chi connectivity index (χ0) is 8.60. The molecule has 0 aromatic rings. The van der Waals surface area contributed by atoms with Crippen molar-refractivity contribution < 1.29 is 4.39 Å². The molecule has 70 valence electrons. The van der Waals surface area contributed by atoms with Gasteiger partial charge in [-0.1, -0.05) is 0 Å². The topological polar surface area (TPSA) is 38.0 Å². The molecule has 0 aromatic heterocycles. The fourth-order valence-electron chi connectivity index (χ4n) is 1.89. The maximum Gasteiger partial charge on any atom is 0.125 e. The Morgan fingerprint density at radius 3 is 2.67 bits per heavy atom. The average molecular weight is 172 g/mol. The Labute approximate surface area is 72.7 Å². The molecule has 0 spiro atoms. The third-order valence-corrected chi connectivity index (χ3v) is 2.88. The Bertz CT molecular complexity index is 170. The summed E-state index contributed by atoms with van der Waals surface area (Å²) in [5, 5.41) is 3.23. The first-order chi connectivity index (χ1) is 5.68. The van der Waals surface area contributed by atoms with E-state index < -0.39 is 5.67 Å². The molecule has 2 fully saturated rings. The Kier molecular flexibility index (Phi) is 2.09. The summed E-state index contributed by atoms with van der Waals surface area (Å²) in [6, 6.07) is 0.699. The van der Waals surface area contributed by atoms with Gasteiger partial charge in [-0.05, 0) is 32.1 Å². The zero-order valence-corrected chi connectivity index (χ0v) is 7.35. The summed E-state index contributed by atoms with van der Waals surface area (Å²) in [7, 11) is 0. The monoisotopic (exact) mass is 172 g/mol. The molecule has 2 aliphatic rings. The number of nitrogens with two attached hydrogens (primary N) is 1. The third kappa shape index (κ3) is 1.96. The predicted molar refractivity (Wildman–Crippen MR) is 46.7 cm³/mol. The van der Waals surface area contributed by atoms with Gasteiger partial charge in [0.2, 0.25) is 0 Å². The second-order valence-corrected chi connectivity index (χ2v) is 4.31. The van der Waals surface area contributed by atoms with Crippen molar-refractivity contribution in [1.82, 2.24) is 5.32 Å². The van der Waals surface area contributed by atoms with Crippen LogP contribution in [0.15, 0.2) is 0 Å². The highest BCUT2D eigenvalue weighted by Crippen LogP contribution is 2.33. The minimum absolute atomic E-state index is 0.0935. The van der Waals surface area contributed by atoms with Crippen LogP contribution < -0.4 is 11.1 Å². The quantitative estimate of drug-likeness (QED) is 0.665. The Morgan fingerprint density at radius 2 is 2.17 bits per heavy atom. The van der Waals surface area contributed by atoms with Crippen LogP contribution in [0.25, 0.3) is 0 Å². The van der Waals surface area contributed by atoms with Crippen molar-refractivity contribution in [2.24, 2.45) is 5.73 Å². The van der Waals surface area contributed by atoms with Crippen LogP contribution in [0.4, 0.5) is 4.39 Å². The van der Waals surface area contributed by atoms with E-state index in [-0.39, 0.29) is 6.04 Å². The molecular formula is C9H17FN2. The smallest absolute Gasteiger partial charge is 0.125 e. The molecule has 0 aromatic carbocycles. The molecule has 0 bridgehead atoms. The summed E-state index contributed by atoms with van der Waals surface area (Å²) in [5.74, 6) is 0. The largest absolute Gasteiger partial charge is 0.328 e. The van der Waals surface area contributed by atoms with E-state index in [2.05, 4.69) is 5.32 Å². The van der Waals surface area contributed by atoms with Crippen LogP contribution in [0.3, 0.4) is 0 Å². The molecule has 12 heavy (non-hydrogen) atoms. The number of halogens is 1. The van der Waals surface area contributed by atoms with Crippen molar-refractivity contribution in [2.75, 3.05) is 6.54 Å². The lowest BCUT2D eigenvalue weighted by Gasteiger charge is -2.19. The van der Waals surface area contributed by atoms with Crippen LogP contribution in [-0.2, 0) is 0 Å². The molecule has 0 saturated heterocycles. The molecule has 2 nitrogen and oxygen atoms in total. The highest BCUT2D eigenvalue weighted by Gasteiger charge is 2.38. The number of rotatable bonds is 3. The van der Waals surface area contributed by atoms with E-state index in [1.807, 2.05) is 0 Å². The van der Waals surface area contributed by atoms with E-state index in [1.165, 1.54) is 12.8 Å². The third-order valence-electron chi connectivity index (χ3n) is 2.88. The summed E-state index contributed by atoms with van der Waals surface area (Å²) in [6.07, 6.45) is 4.49. The SMILES string of the molecule is NC1CCC(F)(CNC2CC2)C1. The van der Waals surface area contributed by atoms with Crippen LogP contribution in [-0.4, -0.2) is 24.3 Å². The standard InChI is InChI=1S/C9H17FN2/c10-9(4-3-7(11)5-9)6-12-8-1-2-8/h7-8,12H,1-6,11H2. The zero-order valence-electron chi connectivity index (χ0n) is 7.35. The molecule has 3 N–H and O–H groups in total. The number of nitrogens with one attached hydrogen (secondary N) is 1. The van der Waals surface area contributed by atoms with Gasteiger partial charge < -0.3 is 11.1 Å². The van der Waals surface area contributed by atoms with Gasteiger partial charge >= 0.3 is 0 Å². The number of alkyl halides is 1. The number of hydrogen-bond acceptors (Lipinski definition) is 2. The lowest BCUT2D eigenvalue weighted by atomic mass is 10.0. The normalized spacial score (nSPS) is 42.0. The second kappa shape index (κ2) is 2.96. The van der Waals surface area contributed by atoms with Crippen molar-refractivity contribution in [1.29, 1.82) is 0 Å². The maximum absolute atomic E-state index is 13.8. The molecule has 0 heterocycles. The lowest BCUT2D eigenvalue weighted by molar-refractivity contribution is 0.165. The van der Waals surface area contributed by atoms with Crippen molar-refractivity contribution in [3.8, 4) is 0 Å². The summed E-state index contributed by atoms with van der Waals surface area (Å²) in [4.78, 5) is 0. The van der Waals surface area contributed by atoms with Gasteiger partial charge in [-0.2, -0.15) is 0 Å². The Balaban J connectivity index is 1.76. The van der Waals surface area contributed by atoms with Gasteiger partial charge in [0, 0.05) is 18.6 Å². The van der Waals surface area contributed by atoms with Crippen LogP contribution in [0, 0.1) is 0 Å². The van der Waals surface area contributed by atoms with Gasteiger partial charge in [0.15, 0.2) is 0 Å². The van der Waals surface area contributed by atoms with Crippen molar-refractivity contribution in [3.05, 3.63) is 0 Å².